The van der Waals surface area contributed by atoms with E-state index in [1.807, 2.05) is 30.0 Å². The summed E-state index contributed by atoms with van der Waals surface area (Å²) >= 11 is 0. The highest BCUT2D eigenvalue weighted by Crippen LogP contribution is 2.19. The van der Waals surface area contributed by atoms with Crippen LogP contribution in [-0.4, -0.2) is 44.6 Å². The molecule has 3 rings (SSSR count). The number of likely N-dealkylation sites (tertiary alicyclic amines) is 1. The average Bonchev–Trinajstić information content (AvgIpc) is 3.09. The molecule has 2 amide bonds. The number of nitrogens with one attached hydrogen (secondary N) is 1. The first kappa shape index (κ1) is 18.1. The lowest BCUT2D eigenvalue weighted by molar-refractivity contribution is -0.134. The minimum atomic E-state index is -0.163. The number of aromatic nitrogens is 3. The van der Waals surface area contributed by atoms with Crippen molar-refractivity contribution in [3.63, 3.8) is 0 Å². The van der Waals surface area contributed by atoms with E-state index in [9.17, 15) is 9.59 Å². The molecule has 2 aromatic heterocycles. The van der Waals surface area contributed by atoms with Crippen molar-refractivity contribution in [3.05, 3.63) is 42.5 Å². The van der Waals surface area contributed by atoms with Crippen LogP contribution in [0.4, 0.5) is 5.69 Å². The van der Waals surface area contributed by atoms with Crippen LogP contribution < -0.4 is 5.32 Å². The number of piperidine rings is 1. The summed E-state index contributed by atoms with van der Waals surface area (Å²) in [5, 5.41) is 7.20. The summed E-state index contributed by atoms with van der Waals surface area (Å²) in [4.78, 5) is 30.7. The van der Waals surface area contributed by atoms with Crippen LogP contribution in [0.25, 0.3) is 0 Å². The summed E-state index contributed by atoms with van der Waals surface area (Å²) in [5.41, 5.74) is 1.58. The second kappa shape index (κ2) is 8.60. The smallest absolute Gasteiger partial charge is 0.229 e. The molecule has 1 fully saturated rings. The number of hydrogen-bond acceptors (Lipinski definition) is 4. The number of anilines is 1. The summed E-state index contributed by atoms with van der Waals surface area (Å²) in [5.74, 6) is -0.0618. The summed E-state index contributed by atoms with van der Waals surface area (Å²) in [6.07, 6.45) is 8.25. The number of rotatable bonds is 6. The molecule has 1 atom stereocenters. The molecule has 7 heteroatoms. The van der Waals surface area contributed by atoms with Crippen LogP contribution in [0.3, 0.4) is 0 Å². The van der Waals surface area contributed by atoms with Crippen LogP contribution in [-0.2, 0) is 16.1 Å². The maximum absolute atomic E-state index is 12.6. The third kappa shape index (κ3) is 4.68. The zero-order valence-electron chi connectivity index (χ0n) is 15.1. The number of amides is 2. The summed E-state index contributed by atoms with van der Waals surface area (Å²) in [6, 6.07) is 5.74. The van der Waals surface area contributed by atoms with Crippen LogP contribution in [0.15, 0.2) is 36.8 Å². The van der Waals surface area contributed by atoms with Gasteiger partial charge in [0.25, 0.3) is 0 Å². The van der Waals surface area contributed by atoms with E-state index in [0.717, 1.165) is 31.5 Å². The van der Waals surface area contributed by atoms with Gasteiger partial charge in [-0.25, -0.2) is 0 Å². The largest absolute Gasteiger partial charge is 0.342 e. The maximum Gasteiger partial charge on any atom is 0.229 e. The van der Waals surface area contributed by atoms with Crippen molar-refractivity contribution in [2.24, 2.45) is 5.92 Å². The number of nitrogens with zero attached hydrogens (tertiary/aromatic N) is 4. The van der Waals surface area contributed by atoms with Crippen molar-refractivity contribution in [1.29, 1.82) is 0 Å². The third-order valence-electron chi connectivity index (χ3n) is 4.56. The molecule has 3 heterocycles. The van der Waals surface area contributed by atoms with E-state index >= 15 is 0 Å². The van der Waals surface area contributed by atoms with Gasteiger partial charge in [0.2, 0.25) is 11.8 Å². The van der Waals surface area contributed by atoms with E-state index in [1.165, 1.54) is 0 Å². The van der Waals surface area contributed by atoms with Gasteiger partial charge in [0.05, 0.1) is 30.0 Å². The molecule has 26 heavy (non-hydrogen) atoms. The van der Waals surface area contributed by atoms with Gasteiger partial charge in [-0.1, -0.05) is 13.0 Å². The Balaban J connectivity index is 1.55. The number of hydrogen-bond donors (Lipinski definition) is 1. The first-order chi connectivity index (χ1) is 12.7. The number of carbonyl (C=O) groups is 2. The molecule has 0 spiro atoms. The lowest BCUT2D eigenvalue weighted by atomic mass is 9.96. The lowest BCUT2D eigenvalue weighted by Gasteiger charge is -2.32. The fourth-order valence-corrected chi connectivity index (χ4v) is 3.21. The SMILES string of the molecule is CCCC(=O)N1CCCC(C(=O)Nc2cnn(Cc3ccccn3)c2)C1. The predicted molar refractivity (Wildman–Crippen MR) is 98.4 cm³/mol. The van der Waals surface area contributed by atoms with Gasteiger partial charge >= 0.3 is 0 Å². The quantitative estimate of drug-likeness (QED) is 0.862. The van der Waals surface area contributed by atoms with Gasteiger partial charge < -0.3 is 10.2 Å². The van der Waals surface area contributed by atoms with Crippen LogP contribution in [0.2, 0.25) is 0 Å². The molecule has 138 valence electrons. The topological polar surface area (TPSA) is 80.1 Å². The van der Waals surface area contributed by atoms with Crippen LogP contribution in [0, 0.1) is 5.92 Å². The molecule has 7 nitrogen and oxygen atoms in total. The lowest BCUT2D eigenvalue weighted by Crippen LogP contribution is -2.43. The van der Waals surface area contributed by atoms with Gasteiger partial charge in [0.1, 0.15) is 0 Å². The van der Waals surface area contributed by atoms with Crippen LogP contribution in [0.1, 0.15) is 38.3 Å². The highest BCUT2D eigenvalue weighted by atomic mass is 16.2. The van der Waals surface area contributed by atoms with E-state index in [-0.39, 0.29) is 17.7 Å². The molecule has 0 saturated carbocycles. The molecule has 0 bridgehead atoms. The van der Waals surface area contributed by atoms with Crippen molar-refractivity contribution < 1.29 is 9.59 Å². The Morgan fingerprint density at radius 2 is 2.23 bits per heavy atom. The van der Waals surface area contributed by atoms with Gasteiger partial charge in [-0.2, -0.15) is 5.10 Å². The Labute approximate surface area is 153 Å². The molecule has 1 aliphatic heterocycles. The van der Waals surface area contributed by atoms with Gasteiger partial charge in [-0.3, -0.25) is 19.3 Å². The zero-order valence-corrected chi connectivity index (χ0v) is 15.1. The second-order valence-electron chi connectivity index (χ2n) is 6.67. The van der Waals surface area contributed by atoms with Crippen molar-refractivity contribution in [3.8, 4) is 0 Å². The average molecular weight is 355 g/mol. The van der Waals surface area contributed by atoms with E-state index in [0.29, 0.717) is 25.2 Å². The van der Waals surface area contributed by atoms with Gasteiger partial charge in [-0.15, -0.1) is 0 Å². The van der Waals surface area contributed by atoms with Gasteiger partial charge in [-0.05, 0) is 31.4 Å². The standard InChI is InChI=1S/C19H25N5O2/c1-2-6-18(25)23-10-5-7-15(12-23)19(26)22-17-11-21-24(14-17)13-16-8-3-4-9-20-16/h3-4,8-9,11,14-15H,2,5-7,10,12-13H2,1H3,(H,22,26). The normalized spacial score (nSPS) is 17.1. The molecule has 1 N–H and O–H groups in total. The summed E-state index contributed by atoms with van der Waals surface area (Å²) in [6.45, 7) is 3.81. The highest BCUT2D eigenvalue weighted by Gasteiger charge is 2.28. The van der Waals surface area contributed by atoms with E-state index in [1.54, 1.807) is 23.3 Å². The second-order valence-corrected chi connectivity index (χ2v) is 6.67. The van der Waals surface area contributed by atoms with Crippen LogP contribution >= 0.6 is 0 Å². The molecule has 2 aromatic rings. The molecule has 0 aliphatic carbocycles. The number of pyridine rings is 1. The van der Waals surface area contributed by atoms with E-state index in [2.05, 4.69) is 15.4 Å². The Morgan fingerprint density at radius 1 is 1.35 bits per heavy atom. The third-order valence-corrected chi connectivity index (χ3v) is 4.56. The molecule has 0 aromatic carbocycles. The monoisotopic (exact) mass is 355 g/mol. The molecular weight excluding hydrogens is 330 g/mol. The zero-order chi connectivity index (χ0) is 18.4. The van der Waals surface area contributed by atoms with Gasteiger partial charge in [0, 0.05) is 31.9 Å². The fraction of sp³-hybridized carbons (Fsp3) is 0.474. The Bertz CT molecular complexity index is 743. The van der Waals surface area contributed by atoms with Crippen molar-refractivity contribution in [1.82, 2.24) is 19.7 Å². The molecular formula is C19H25N5O2. The first-order valence-corrected chi connectivity index (χ1v) is 9.16. The van der Waals surface area contributed by atoms with Gasteiger partial charge in [0.15, 0.2) is 0 Å². The molecule has 1 saturated heterocycles. The minimum absolute atomic E-state index is 0.0450. The summed E-state index contributed by atoms with van der Waals surface area (Å²) in [7, 11) is 0. The van der Waals surface area contributed by atoms with E-state index in [4.69, 9.17) is 0 Å². The predicted octanol–water partition coefficient (Wildman–Crippen LogP) is 2.30. The Morgan fingerprint density at radius 3 is 3.00 bits per heavy atom. The fourth-order valence-electron chi connectivity index (χ4n) is 3.21. The first-order valence-electron chi connectivity index (χ1n) is 9.16. The Hall–Kier alpha value is -2.70. The maximum atomic E-state index is 12.6. The van der Waals surface area contributed by atoms with E-state index < -0.39 is 0 Å². The summed E-state index contributed by atoms with van der Waals surface area (Å²) < 4.78 is 1.75. The van der Waals surface area contributed by atoms with Crippen molar-refractivity contribution in [2.45, 2.75) is 39.2 Å². The molecule has 1 aliphatic rings. The van der Waals surface area contributed by atoms with Crippen molar-refractivity contribution in [2.75, 3.05) is 18.4 Å². The highest BCUT2D eigenvalue weighted by molar-refractivity contribution is 5.93. The van der Waals surface area contributed by atoms with Crippen molar-refractivity contribution >= 4 is 17.5 Å². The minimum Gasteiger partial charge on any atom is -0.342 e. The van der Waals surface area contributed by atoms with Crippen LogP contribution in [0.5, 0.6) is 0 Å². The molecule has 1 unspecified atom stereocenters. The Kier molecular flexibility index (Phi) is 5.99. The number of carbonyl (C=O) groups excluding carboxylic acids is 2. The molecule has 0 radical (unpaired) electrons.